The second-order valence-electron chi connectivity index (χ2n) is 4.86. The zero-order valence-corrected chi connectivity index (χ0v) is 13.7. The fraction of sp³-hybridized carbons (Fsp3) is 0.0588. The third kappa shape index (κ3) is 3.57. The second-order valence-corrected chi connectivity index (χ2v) is 6.24. The van der Waals surface area contributed by atoms with Crippen LogP contribution in [0.5, 0.6) is 0 Å². The highest BCUT2D eigenvalue weighted by Crippen LogP contribution is 2.30. The first-order valence-electron chi connectivity index (χ1n) is 6.95. The fourth-order valence-corrected chi connectivity index (χ4v) is 3.08. The fourth-order valence-electron chi connectivity index (χ4n) is 2.22. The number of hydrogen-bond donors (Lipinski definition) is 1. The molecule has 6 heteroatoms. The van der Waals surface area contributed by atoms with E-state index in [0.717, 1.165) is 22.1 Å². The normalized spacial score (nSPS) is 10.7. The van der Waals surface area contributed by atoms with E-state index in [-0.39, 0.29) is 11.7 Å². The molecule has 1 amide bonds. The molecule has 0 aliphatic rings. The van der Waals surface area contributed by atoms with Crippen molar-refractivity contribution in [2.45, 2.75) is 5.16 Å². The van der Waals surface area contributed by atoms with E-state index >= 15 is 0 Å². The maximum absolute atomic E-state index is 11.1. The van der Waals surface area contributed by atoms with Crippen molar-refractivity contribution in [2.75, 3.05) is 5.75 Å². The predicted octanol–water partition coefficient (Wildman–Crippen LogP) is 3.77. The van der Waals surface area contributed by atoms with Crippen LogP contribution < -0.4 is 5.73 Å². The molecule has 0 aliphatic carbocycles. The molecule has 2 N–H and O–H groups in total. The van der Waals surface area contributed by atoms with Gasteiger partial charge in [0.25, 0.3) is 0 Å². The number of aromatic nitrogens is 2. The van der Waals surface area contributed by atoms with Crippen LogP contribution in [0, 0.1) is 0 Å². The van der Waals surface area contributed by atoms with Crippen LogP contribution in [0.15, 0.2) is 66.0 Å². The average Bonchev–Trinajstić information content (AvgIpc) is 2.98. The number of hydrogen-bond acceptors (Lipinski definition) is 3. The molecule has 3 rings (SSSR count). The van der Waals surface area contributed by atoms with Gasteiger partial charge >= 0.3 is 0 Å². The van der Waals surface area contributed by atoms with Crippen LogP contribution in [0.4, 0.5) is 0 Å². The Balaban J connectivity index is 2.09. The van der Waals surface area contributed by atoms with Crippen molar-refractivity contribution in [3.63, 3.8) is 0 Å². The highest BCUT2D eigenvalue weighted by atomic mass is 35.5. The Bertz CT molecular complexity index is 816. The van der Waals surface area contributed by atoms with Gasteiger partial charge in [-0.15, -0.1) is 0 Å². The third-order valence-electron chi connectivity index (χ3n) is 3.23. The van der Waals surface area contributed by atoms with E-state index in [2.05, 4.69) is 4.98 Å². The summed E-state index contributed by atoms with van der Waals surface area (Å²) in [5, 5.41) is 1.41. The number of imidazole rings is 1. The summed E-state index contributed by atoms with van der Waals surface area (Å²) in [6.45, 7) is 0. The number of para-hydroxylation sites is 1. The molecular formula is C17H14ClN3OS. The van der Waals surface area contributed by atoms with Crippen molar-refractivity contribution < 1.29 is 4.79 Å². The SMILES string of the molecule is NC(=O)CSc1ncc(-c2ccc(Cl)cc2)n1-c1ccccc1. The summed E-state index contributed by atoms with van der Waals surface area (Å²) in [7, 11) is 0. The number of carbonyl (C=O) groups is 1. The Labute approximate surface area is 143 Å². The van der Waals surface area contributed by atoms with Gasteiger partial charge in [0.2, 0.25) is 5.91 Å². The van der Waals surface area contributed by atoms with Crippen LogP contribution in [0.25, 0.3) is 16.9 Å². The van der Waals surface area contributed by atoms with Gasteiger partial charge < -0.3 is 5.73 Å². The number of nitrogens with zero attached hydrogens (tertiary/aromatic N) is 2. The number of nitrogens with two attached hydrogens (primary N) is 1. The molecule has 23 heavy (non-hydrogen) atoms. The van der Waals surface area contributed by atoms with Gasteiger partial charge in [-0.2, -0.15) is 0 Å². The van der Waals surface area contributed by atoms with Gasteiger partial charge in [-0.25, -0.2) is 4.98 Å². The Morgan fingerprint density at radius 1 is 1.13 bits per heavy atom. The number of carbonyl (C=O) groups excluding carboxylic acids is 1. The molecule has 0 bridgehead atoms. The van der Waals surface area contributed by atoms with Crippen molar-refractivity contribution in [2.24, 2.45) is 5.73 Å². The molecule has 1 heterocycles. The highest BCUT2D eigenvalue weighted by Gasteiger charge is 2.14. The van der Waals surface area contributed by atoms with Crippen LogP contribution >= 0.6 is 23.4 Å². The van der Waals surface area contributed by atoms with Gasteiger partial charge in [-0.3, -0.25) is 9.36 Å². The number of halogens is 1. The van der Waals surface area contributed by atoms with E-state index in [1.807, 2.05) is 59.2 Å². The molecule has 2 aromatic carbocycles. The van der Waals surface area contributed by atoms with Crippen molar-refractivity contribution >= 4 is 29.3 Å². The Morgan fingerprint density at radius 3 is 2.48 bits per heavy atom. The lowest BCUT2D eigenvalue weighted by Crippen LogP contribution is -2.13. The van der Waals surface area contributed by atoms with Crippen molar-refractivity contribution in [1.29, 1.82) is 0 Å². The van der Waals surface area contributed by atoms with Gasteiger partial charge in [0.1, 0.15) is 0 Å². The number of rotatable bonds is 5. The summed E-state index contributed by atoms with van der Waals surface area (Å²) in [6.07, 6.45) is 1.79. The maximum Gasteiger partial charge on any atom is 0.227 e. The monoisotopic (exact) mass is 343 g/mol. The first-order chi connectivity index (χ1) is 11.1. The summed E-state index contributed by atoms with van der Waals surface area (Å²) in [6, 6.07) is 17.4. The molecule has 0 saturated carbocycles. The van der Waals surface area contributed by atoms with Crippen LogP contribution in [-0.4, -0.2) is 21.2 Å². The maximum atomic E-state index is 11.1. The zero-order chi connectivity index (χ0) is 16.2. The van der Waals surface area contributed by atoms with Gasteiger partial charge in [0, 0.05) is 16.3 Å². The lowest BCUT2D eigenvalue weighted by molar-refractivity contribution is -0.115. The van der Waals surface area contributed by atoms with Gasteiger partial charge in [0.15, 0.2) is 5.16 Å². The molecular weight excluding hydrogens is 330 g/mol. The van der Waals surface area contributed by atoms with Crippen molar-refractivity contribution in [3.05, 3.63) is 65.8 Å². The largest absolute Gasteiger partial charge is 0.369 e. The highest BCUT2D eigenvalue weighted by molar-refractivity contribution is 7.99. The quantitative estimate of drug-likeness (QED) is 0.717. The van der Waals surface area contributed by atoms with Crippen molar-refractivity contribution in [3.8, 4) is 16.9 Å². The number of benzene rings is 2. The van der Waals surface area contributed by atoms with Crippen LogP contribution in [0.3, 0.4) is 0 Å². The first kappa shape index (κ1) is 15.6. The summed E-state index contributed by atoms with van der Waals surface area (Å²) in [5.41, 5.74) is 8.15. The molecule has 3 aromatic rings. The third-order valence-corrected chi connectivity index (χ3v) is 4.45. The molecule has 0 aliphatic heterocycles. The number of primary amides is 1. The minimum Gasteiger partial charge on any atom is -0.369 e. The molecule has 0 unspecified atom stereocenters. The minimum atomic E-state index is -0.370. The molecule has 1 aromatic heterocycles. The molecule has 0 spiro atoms. The molecule has 4 nitrogen and oxygen atoms in total. The number of amides is 1. The second kappa shape index (κ2) is 6.89. The predicted molar refractivity (Wildman–Crippen MR) is 93.9 cm³/mol. The first-order valence-corrected chi connectivity index (χ1v) is 8.32. The number of thioether (sulfide) groups is 1. The van der Waals surface area contributed by atoms with E-state index in [9.17, 15) is 4.79 Å². The Hall–Kier alpha value is -2.24. The van der Waals surface area contributed by atoms with E-state index < -0.39 is 0 Å². The summed E-state index contributed by atoms with van der Waals surface area (Å²) in [5.74, 6) is -0.185. The van der Waals surface area contributed by atoms with E-state index in [0.29, 0.717) is 5.02 Å². The molecule has 0 fully saturated rings. The van der Waals surface area contributed by atoms with Crippen LogP contribution in [0.1, 0.15) is 0 Å². The van der Waals surface area contributed by atoms with E-state index in [1.165, 1.54) is 11.8 Å². The lowest BCUT2D eigenvalue weighted by Gasteiger charge is -2.11. The minimum absolute atomic E-state index is 0.184. The topological polar surface area (TPSA) is 60.9 Å². The molecule has 116 valence electrons. The molecule has 0 saturated heterocycles. The van der Waals surface area contributed by atoms with Gasteiger partial charge in [0.05, 0.1) is 17.6 Å². The van der Waals surface area contributed by atoms with Gasteiger partial charge in [-0.1, -0.05) is 53.7 Å². The Morgan fingerprint density at radius 2 is 1.83 bits per heavy atom. The molecule has 0 radical (unpaired) electrons. The lowest BCUT2D eigenvalue weighted by atomic mass is 10.1. The van der Waals surface area contributed by atoms with E-state index in [4.69, 9.17) is 17.3 Å². The summed E-state index contributed by atoms with van der Waals surface area (Å²) < 4.78 is 2.01. The van der Waals surface area contributed by atoms with Crippen LogP contribution in [-0.2, 0) is 4.79 Å². The summed E-state index contributed by atoms with van der Waals surface area (Å²) in [4.78, 5) is 15.5. The smallest absolute Gasteiger partial charge is 0.227 e. The standard InChI is InChI=1S/C17H14ClN3OS/c18-13-8-6-12(7-9-13)15-10-20-17(23-11-16(19)22)21(15)14-4-2-1-3-5-14/h1-10H,11H2,(H2,19,22). The van der Waals surface area contributed by atoms with E-state index in [1.54, 1.807) is 6.20 Å². The summed E-state index contributed by atoms with van der Waals surface area (Å²) >= 11 is 7.29. The average molecular weight is 344 g/mol. The van der Waals surface area contributed by atoms with Crippen molar-refractivity contribution in [1.82, 2.24) is 9.55 Å². The zero-order valence-electron chi connectivity index (χ0n) is 12.1. The molecule has 0 atom stereocenters. The van der Waals surface area contributed by atoms with Crippen LogP contribution in [0.2, 0.25) is 5.02 Å². The van der Waals surface area contributed by atoms with Gasteiger partial charge in [-0.05, 0) is 24.3 Å². The Kier molecular flexibility index (Phi) is 4.69.